The van der Waals surface area contributed by atoms with Crippen LogP contribution in [0.1, 0.15) is 24.1 Å². The summed E-state index contributed by atoms with van der Waals surface area (Å²) < 4.78 is 13.0. The van der Waals surface area contributed by atoms with Gasteiger partial charge in [0.05, 0.1) is 5.56 Å². The van der Waals surface area contributed by atoms with Gasteiger partial charge in [-0.3, -0.25) is 0 Å². The molecular formula is C15H16FNO2. The molecule has 0 aliphatic rings. The Balaban J connectivity index is 2.07. The molecule has 19 heavy (non-hydrogen) atoms. The van der Waals surface area contributed by atoms with Crippen molar-refractivity contribution >= 4 is 0 Å². The normalized spacial score (nSPS) is 12.3. The van der Waals surface area contributed by atoms with Gasteiger partial charge < -0.3 is 15.5 Å². The van der Waals surface area contributed by atoms with E-state index in [0.29, 0.717) is 12.1 Å². The second-order valence-electron chi connectivity index (χ2n) is 4.44. The number of phenols is 2. The minimum atomic E-state index is -0.280. The molecule has 0 heterocycles. The first kappa shape index (κ1) is 13.4. The van der Waals surface area contributed by atoms with Crippen molar-refractivity contribution in [3.63, 3.8) is 0 Å². The Labute approximate surface area is 111 Å². The van der Waals surface area contributed by atoms with Crippen LogP contribution in [-0.2, 0) is 6.54 Å². The van der Waals surface area contributed by atoms with Gasteiger partial charge in [0.2, 0.25) is 0 Å². The highest BCUT2D eigenvalue weighted by Crippen LogP contribution is 2.32. The van der Waals surface area contributed by atoms with Gasteiger partial charge in [-0.05, 0) is 36.8 Å². The van der Waals surface area contributed by atoms with Crippen molar-refractivity contribution in [3.8, 4) is 11.5 Å². The summed E-state index contributed by atoms with van der Waals surface area (Å²) in [6.07, 6.45) is 0. The fourth-order valence-corrected chi connectivity index (χ4v) is 2.00. The lowest BCUT2D eigenvalue weighted by molar-refractivity contribution is 0.418. The van der Waals surface area contributed by atoms with Crippen LogP contribution in [0, 0.1) is 5.82 Å². The van der Waals surface area contributed by atoms with Crippen molar-refractivity contribution in [3.05, 3.63) is 59.4 Å². The average Bonchev–Trinajstić information content (AvgIpc) is 2.36. The van der Waals surface area contributed by atoms with Crippen molar-refractivity contribution in [1.82, 2.24) is 5.32 Å². The van der Waals surface area contributed by atoms with Gasteiger partial charge in [-0.25, -0.2) is 4.39 Å². The molecule has 100 valence electrons. The second-order valence-corrected chi connectivity index (χ2v) is 4.44. The van der Waals surface area contributed by atoms with Crippen LogP contribution in [-0.4, -0.2) is 10.2 Å². The molecule has 2 aromatic carbocycles. The third-order valence-electron chi connectivity index (χ3n) is 2.99. The van der Waals surface area contributed by atoms with E-state index in [0.717, 1.165) is 5.56 Å². The third-order valence-corrected chi connectivity index (χ3v) is 2.99. The molecule has 0 bridgehead atoms. The van der Waals surface area contributed by atoms with Gasteiger partial charge in [0.25, 0.3) is 0 Å². The summed E-state index contributed by atoms with van der Waals surface area (Å²) in [6, 6.07) is 10.7. The smallest absolute Gasteiger partial charge is 0.124 e. The van der Waals surface area contributed by atoms with Gasteiger partial charge in [-0.1, -0.05) is 18.2 Å². The van der Waals surface area contributed by atoms with Crippen LogP contribution in [0.25, 0.3) is 0 Å². The Morgan fingerprint density at radius 3 is 2.37 bits per heavy atom. The van der Waals surface area contributed by atoms with E-state index in [2.05, 4.69) is 5.32 Å². The van der Waals surface area contributed by atoms with E-state index in [1.165, 1.54) is 24.3 Å². The number of halogens is 1. The molecule has 0 aromatic heterocycles. The average molecular weight is 261 g/mol. The van der Waals surface area contributed by atoms with E-state index >= 15 is 0 Å². The van der Waals surface area contributed by atoms with Crippen molar-refractivity contribution in [1.29, 1.82) is 0 Å². The van der Waals surface area contributed by atoms with Gasteiger partial charge in [0, 0.05) is 12.6 Å². The fourth-order valence-electron chi connectivity index (χ4n) is 2.00. The minimum Gasteiger partial charge on any atom is -0.507 e. The molecule has 3 N–H and O–H groups in total. The number of aromatic hydroxyl groups is 2. The van der Waals surface area contributed by atoms with Gasteiger partial charge in [0.1, 0.15) is 17.3 Å². The zero-order valence-corrected chi connectivity index (χ0v) is 10.6. The molecule has 0 radical (unpaired) electrons. The van der Waals surface area contributed by atoms with E-state index in [1.807, 2.05) is 13.0 Å². The highest BCUT2D eigenvalue weighted by atomic mass is 19.1. The molecule has 0 spiro atoms. The predicted octanol–water partition coefficient (Wildman–Crippen LogP) is 3.09. The zero-order chi connectivity index (χ0) is 13.8. The SMILES string of the molecule is CC(NCc1cccc(F)c1)c1c(O)cccc1O. The lowest BCUT2D eigenvalue weighted by Crippen LogP contribution is -2.18. The molecule has 0 aliphatic heterocycles. The van der Waals surface area contributed by atoms with Crippen LogP contribution < -0.4 is 5.32 Å². The summed E-state index contributed by atoms with van der Waals surface area (Å²) in [6.45, 7) is 2.28. The maximum Gasteiger partial charge on any atom is 0.124 e. The molecule has 0 saturated carbocycles. The number of hydrogen-bond donors (Lipinski definition) is 3. The fraction of sp³-hybridized carbons (Fsp3) is 0.200. The highest BCUT2D eigenvalue weighted by Gasteiger charge is 2.14. The largest absolute Gasteiger partial charge is 0.507 e. The van der Waals surface area contributed by atoms with Crippen LogP contribution in [0.4, 0.5) is 4.39 Å². The van der Waals surface area contributed by atoms with Crippen molar-refractivity contribution < 1.29 is 14.6 Å². The standard InChI is InChI=1S/C15H16FNO2/c1-10(15-13(18)6-3-7-14(15)19)17-9-11-4-2-5-12(16)8-11/h2-8,10,17-19H,9H2,1H3. The van der Waals surface area contributed by atoms with Crippen LogP contribution in [0.3, 0.4) is 0 Å². The summed E-state index contributed by atoms with van der Waals surface area (Å²) in [5.41, 5.74) is 1.25. The maximum atomic E-state index is 13.0. The first-order chi connectivity index (χ1) is 9.08. The summed E-state index contributed by atoms with van der Waals surface area (Å²) in [7, 11) is 0. The van der Waals surface area contributed by atoms with Crippen molar-refractivity contribution in [2.24, 2.45) is 0 Å². The maximum absolute atomic E-state index is 13.0. The highest BCUT2D eigenvalue weighted by molar-refractivity contribution is 5.44. The Morgan fingerprint density at radius 1 is 1.11 bits per heavy atom. The molecule has 0 amide bonds. The number of nitrogens with one attached hydrogen (secondary N) is 1. The minimum absolute atomic E-state index is 0.0410. The molecule has 2 aromatic rings. The predicted molar refractivity (Wildman–Crippen MR) is 71.4 cm³/mol. The summed E-state index contributed by atoms with van der Waals surface area (Å²) >= 11 is 0. The topological polar surface area (TPSA) is 52.5 Å². The molecular weight excluding hydrogens is 245 g/mol. The molecule has 1 unspecified atom stereocenters. The quantitative estimate of drug-likeness (QED) is 0.792. The Morgan fingerprint density at radius 2 is 1.74 bits per heavy atom. The number of rotatable bonds is 4. The first-order valence-corrected chi connectivity index (χ1v) is 6.06. The van der Waals surface area contributed by atoms with Gasteiger partial charge in [-0.15, -0.1) is 0 Å². The first-order valence-electron chi connectivity index (χ1n) is 6.06. The molecule has 2 rings (SSSR count). The zero-order valence-electron chi connectivity index (χ0n) is 10.6. The van der Waals surface area contributed by atoms with E-state index in [4.69, 9.17) is 0 Å². The lowest BCUT2D eigenvalue weighted by Gasteiger charge is -2.17. The third kappa shape index (κ3) is 3.23. The summed E-state index contributed by atoms with van der Waals surface area (Å²) in [5.74, 6) is -0.198. The molecule has 4 heteroatoms. The summed E-state index contributed by atoms with van der Waals surface area (Å²) in [5, 5.41) is 22.6. The van der Waals surface area contributed by atoms with Crippen LogP contribution in [0.5, 0.6) is 11.5 Å². The van der Waals surface area contributed by atoms with Gasteiger partial charge in [-0.2, -0.15) is 0 Å². The molecule has 3 nitrogen and oxygen atoms in total. The molecule has 0 saturated heterocycles. The Hall–Kier alpha value is -2.07. The van der Waals surface area contributed by atoms with Crippen molar-refractivity contribution in [2.75, 3.05) is 0 Å². The van der Waals surface area contributed by atoms with E-state index < -0.39 is 0 Å². The van der Waals surface area contributed by atoms with Crippen LogP contribution in [0.15, 0.2) is 42.5 Å². The second kappa shape index (κ2) is 5.71. The van der Waals surface area contributed by atoms with Crippen molar-refractivity contribution in [2.45, 2.75) is 19.5 Å². The number of benzene rings is 2. The molecule has 0 aliphatic carbocycles. The molecule has 0 fully saturated rings. The summed E-state index contributed by atoms with van der Waals surface area (Å²) in [4.78, 5) is 0. The van der Waals surface area contributed by atoms with E-state index in [9.17, 15) is 14.6 Å². The number of hydrogen-bond acceptors (Lipinski definition) is 3. The van der Waals surface area contributed by atoms with Crippen LogP contribution in [0.2, 0.25) is 0 Å². The number of phenolic OH excluding ortho intramolecular Hbond substituents is 2. The van der Waals surface area contributed by atoms with Gasteiger partial charge in [0.15, 0.2) is 0 Å². The van der Waals surface area contributed by atoms with E-state index in [-0.39, 0.29) is 23.4 Å². The van der Waals surface area contributed by atoms with Gasteiger partial charge >= 0.3 is 0 Å². The Bertz CT molecular complexity index is 552. The lowest BCUT2D eigenvalue weighted by atomic mass is 10.1. The van der Waals surface area contributed by atoms with E-state index in [1.54, 1.807) is 12.1 Å². The van der Waals surface area contributed by atoms with Crippen LogP contribution >= 0.6 is 0 Å². The Kier molecular flexibility index (Phi) is 4.02. The monoisotopic (exact) mass is 261 g/mol. The molecule has 1 atom stereocenters.